The Morgan fingerprint density at radius 2 is 2.00 bits per heavy atom. The molecule has 2 aromatic carbocycles. The molecule has 28 heavy (non-hydrogen) atoms. The second kappa shape index (κ2) is 7.48. The largest absolute Gasteiger partial charge is 0.419 e. The number of amides is 1. The van der Waals surface area contributed by atoms with Gasteiger partial charge >= 0.3 is 0 Å². The Labute approximate surface area is 167 Å². The van der Waals surface area contributed by atoms with Gasteiger partial charge in [0.2, 0.25) is 11.8 Å². The normalized spacial score (nSPS) is 11.1. The molecule has 0 fully saturated rings. The van der Waals surface area contributed by atoms with Gasteiger partial charge in [0.1, 0.15) is 12.2 Å². The summed E-state index contributed by atoms with van der Waals surface area (Å²) in [6.45, 7) is 3.98. The van der Waals surface area contributed by atoms with Crippen molar-refractivity contribution in [1.82, 2.24) is 14.8 Å². The average Bonchev–Trinajstić information content (AvgIpc) is 3.30. The fourth-order valence-electron chi connectivity index (χ4n) is 3.07. The quantitative estimate of drug-likeness (QED) is 0.525. The van der Waals surface area contributed by atoms with Crippen LogP contribution in [0.2, 0.25) is 5.02 Å². The lowest BCUT2D eigenvalue weighted by atomic mass is 10.2. The van der Waals surface area contributed by atoms with Crippen LogP contribution in [-0.2, 0) is 17.8 Å². The zero-order chi connectivity index (χ0) is 19.7. The predicted octanol–water partition coefficient (Wildman–Crippen LogP) is 4.85. The fraction of sp³-hybridized carbons (Fsp3) is 0.190. The highest BCUT2D eigenvalue weighted by atomic mass is 35.5. The van der Waals surface area contributed by atoms with Crippen molar-refractivity contribution in [3.63, 3.8) is 0 Å². The van der Waals surface area contributed by atoms with Gasteiger partial charge in [0.25, 0.3) is 5.89 Å². The molecule has 2 aromatic heterocycles. The summed E-state index contributed by atoms with van der Waals surface area (Å²) in [7, 11) is 0. The highest BCUT2D eigenvalue weighted by Gasteiger charge is 2.18. The van der Waals surface area contributed by atoms with Gasteiger partial charge in [-0.3, -0.25) is 4.79 Å². The van der Waals surface area contributed by atoms with E-state index in [4.69, 9.17) is 16.0 Å². The number of halogens is 1. The molecule has 6 nitrogen and oxygen atoms in total. The van der Waals surface area contributed by atoms with Gasteiger partial charge in [0, 0.05) is 28.0 Å². The minimum atomic E-state index is -0.169. The zero-order valence-electron chi connectivity index (χ0n) is 15.6. The maximum atomic E-state index is 12.7. The molecule has 0 spiro atoms. The van der Waals surface area contributed by atoms with E-state index in [1.807, 2.05) is 60.9 Å². The third kappa shape index (κ3) is 3.51. The number of nitrogens with one attached hydrogen (secondary N) is 1. The lowest BCUT2D eigenvalue weighted by molar-refractivity contribution is -0.116. The van der Waals surface area contributed by atoms with Crippen molar-refractivity contribution in [3.05, 3.63) is 65.0 Å². The van der Waals surface area contributed by atoms with Crippen molar-refractivity contribution in [2.24, 2.45) is 0 Å². The smallest absolute Gasteiger partial charge is 0.264 e. The molecule has 0 atom stereocenters. The van der Waals surface area contributed by atoms with Crippen molar-refractivity contribution >= 4 is 34.1 Å². The number of carbonyl (C=O) groups is 1. The number of hydrogen-bond donors (Lipinski definition) is 1. The van der Waals surface area contributed by atoms with Gasteiger partial charge in [-0.1, -0.05) is 42.8 Å². The van der Waals surface area contributed by atoms with Gasteiger partial charge in [-0.25, -0.2) is 0 Å². The van der Waals surface area contributed by atoms with Crippen molar-refractivity contribution in [2.45, 2.75) is 26.8 Å². The highest BCUT2D eigenvalue weighted by Crippen LogP contribution is 2.28. The fourth-order valence-corrected chi connectivity index (χ4v) is 3.25. The number of aromatic nitrogens is 3. The Kier molecular flexibility index (Phi) is 4.88. The molecule has 0 saturated heterocycles. The van der Waals surface area contributed by atoms with Gasteiger partial charge in [0.05, 0.1) is 0 Å². The highest BCUT2D eigenvalue weighted by molar-refractivity contribution is 6.31. The molecule has 0 unspecified atom stereocenters. The molecule has 1 amide bonds. The lowest BCUT2D eigenvalue weighted by Crippen LogP contribution is -2.19. The molecule has 0 radical (unpaired) electrons. The molecule has 4 rings (SSSR count). The summed E-state index contributed by atoms with van der Waals surface area (Å²) < 4.78 is 7.61. The van der Waals surface area contributed by atoms with E-state index >= 15 is 0 Å². The van der Waals surface area contributed by atoms with Crippen molar-refractivity contribution in [1.29, 1.82) is 0 Å². The number of hydrogen-bond acceptors (Lipinski definition) is 4. The molecular formula is C21H19ClN4O2. The zero-order valence-corrected chi connectivity index (χ0v) is 16.3. The van der Waals surface area contributed by atoms with Crippen molar-refractivity contribution in [3.8, 4) is 11.6 Å². The first-order valence-electron chi connectivity index (χ1n) is 9.02. The summed E-state index contributed by atoms with van der Waals surface area (Å²) in [5, 5.41) is 12.7. The van der Waals surface area contributed by atoms with E-state index in [1.165, 1.54) is 0 Å². The Hall–Kier alpha value is -3.12. The van der Waals surface area contributed by atoms with Crippen LogP contribution in [0.4, 0.5) is 5.69 Å². The summed E-state index contributed by atoms with van der Waals surface area (Å²) >= 11 is 6.16. The Balaban J connectivity index is 1.67. The van der Waals surface area contributed by atoms with Crippen LogP contribution in [0.3, 0.4) is 0 Å². The number of fused-ring (bicyclic) bond motifs is 1. The molecule has 1 N–H and O–H groups in total. The molecule has 0 saturated carbocycles. The Morgan fingerprint density at radius 1 is 1.18 bits per heavy atom. The van der Waals surface area contributed by atoms with Crippen LogP contribution in [0.1, 0.15) is 18.4 Å². The third-order valence-corrected chi connectivity index (χ3v) is 4.96. The number of aryl methyl sites for hydroxylation is 2. The van der Waals surface area contributed by atoms with Crippen molar-refractivity contribution < 1.29 is 9.21 Å². The number of benzene rings is 2. The van der Waals surface area contributed by atoms with E-state index < -0.39 is 0 Å². The second-order valence-electron chi connectivity index (χ2n) is 6.54. The lowest BCUT2D eigenvalue weighted by Gasteiger charge is -2.10. The number of carbonyl (C=O) groups excluding carboxylic acids is 1. The molecule has 142 valence electrons. The molecule has 0 aliphatic heterocycles. The molecule has 7 heteroatoms. The van der Waals surface area contributed by atoms with E-state index in [1.54, 1.807) is 6.07 Å². The third-order valence-electron chi connectivity index (χ3n) is 4.56. The number of anilines is 1. The average molecular weight is 395 g/mol. The van der Waals surface area contributed by atoms with Gasteiger partial charge in [0.15, 0.2) is 0 Å². The number of rotatable bonds is 5. The maximum absolute atomic E-state index is 12.7. The first kappa shape index (κ1) is 18.3. The topological polar surface area (TPSA) is 73.0 Å². The number of para-hydroxylation sites is 1. The van der Waals surface area contributed by atoms with Gasteiger partial charge in [-0.2, -0.15) is 0 Å². The Bertz CT molecular complexity index is 1160. The van der Waals surface area contributed by atoms with E-state index in [0.717, 1.165) is 16.5 Å². The van der Waals surface area contributed by atoms with Gasteiger partial charge < -0.3 is 14.3 Å². The maximum Gasteiger partial charge on any atom is 0.264 e. The van der Waals surface area contributed by atoms with Crippen LogP contribution in [0.15, 0.2) is 52.9 Å². The van der Waals surface area contributed by atoms with Crippen LogP contribution in [0.25, 0.3) is 22.5 Å². The van der Waals surface area contributed by atoms with Gasteiger partial charge in [-0.05, 0) is 36.8 Å². The number of nitrogens with zero attached hydrogens (tertiary/aromatic N) is 3. The van der Waals surface area contributed by atoms with E-state index in [2.05, 4.69) is 15.5 Å². The molecule has 0 bridgehead atoms. The van der Waals surface area contributed by atoms with E-state index in [0.29, 0.717) is 34.6 Å². The van der Waals surface area contributed by atoms with Crippen LogP contribution >= 0.6 is 11.6 Å². The summed E-state index contributed by atoms with van der Waals surface area (Å²) in [6.07, 6.45) is 0.655. The van der Waals surface area contributed by atoms with Gasteiger partial charge in [-0.15, -0.1) is 10.2 Å². The van der Waals surface area contributed by atoms with Crippen LogP contribution in [-0.4, -0.2) is 20.7 Å². The van der Waals surface area contributed by atoms with Crippen LogP contribution in [0, 0.1) is 6.92 Å². The molecule has 0 aliphatic rings. The minimum absolute atomic E-state index is 0.109. The summed E-state index contributed by atoms with van der Waals surface area (Å²) in [5.41, 5.74) is 3.25. The van der Waals surface area contributed by atoms with E-state index in [9.17, 15) is 4.79 Å². The predicted molar refractivity (Wildman–Crippen MR) is 109 cm³/mol. The van der Waals surface area contributed by atoms with Crippen LogP contribution in [0.5, 0.6) is 0 Å². The monoisotopic (exact) mass is 394 g/mol. The molecule has 0 aliphatic carbocycles. The summed E-state index contributed by atoms with van der Waals surface area (Å²) in [5.74, 6) is 0.794. The first-order chi connectivity index (χ1) is 13.5. The van der Waals surface area contributed by atoms with E-state index in [-0.39, 0.29) is 12.5 Å². The molecule has 2 heterocycles. The minimum Gasteiger partial charge on any atom is -0.419 e. The first-order valence-corrected chi connectivity index (χ1v) is 9.40. The van der Waals surface area contributed by atoms with Crippen LogP contribution < -0.4 is 5.32 Å². The molecular weight excluding hydrogens is 376 g/mol. The SMILES string of the molecule is CCc1nnc(-c2cc3ccccc3n2CC(=O)Nc2ccc(C)c(Cl)c2)o1. The van der Waals surface area contributed by atoms with Crippen molar-refractivity contribution in [2.75, 3.05) is 5.32 Å². The molecule has 4 aromatic rings. The second-order valence-corrected chi connectivity index (χ2v) is 6.95. The summed E-state index contributed by atoms with van der Waals surface area (Å²) in [4.78, 5) is 12.7. The summed E-state index contributed by atoms with van der Waals surface area (Å²) in [6, 6.07) is 15.3. The Morgan fingerprint density at radius 3 is 2.75 bits per heavy atom. The standard InChI is InChI=1S/C21H19ClN4O2/c1-3-20-24-25-21(28-20)18-10-14-6-4-5-7-17(14)26(18)12-19(27)23-15-9-8-13(2)16(22)11-15/h4-11H,3,12H2,1-2H3,(H,23,27).